The maximum Gasteiger partial charge on any atom is 0.416 e. The van der Waals surface area contributed by atoms with Gasteiger partial charge < -0.3 is 19.7 Å². The van der Waals surface area contributed by atoms with Crippen LogP contribution in [0.3, 0.4) is 0 Å². The monoisotopic (exact) mass is 373 g/mol. The topological polar surface area (TPSA) is 71.1 Å². The summed E-state index contributed by atoms with van der Waals surface area (Å²) in [4.78, 5) is 26.7. The number of benzene rings is 1. The number of halogens is 3. The van der Waals surface area contributed by atoms with Gasteiger partial charge in [0.2, 0.25) is 0 Å². The molecule has 0 aliphatic carbocycles. The highest BCUT2D eigenvalue weighted by atomic mass is 19.4. The molecule has 26 heavy (non-hydrogen) atoms. The summed E-state index contributed by atoms with van der Waals surface area (Å²) < 4.78 is 48.8. The van der Waals surface area contributed by atoms with E-state index < -0.39 is 23.9 Å². The number of nitrogens with one attached hydrogen (secondary N) is 1. The highest BCUT2D eigenvalue weighted by Gasteiger charge is 2.35. The number of carbonyl (C=O) groups is 2. The fourth-order valence-corrected chi connectivity index (χ4v) is 2.77. The first-order valence-corrected chi connectivity index (χ1v) is 8.10. The van der Waals surface area contributed by atoms with E-state index in [9.17, 15) is 22.8 Å². The minimum atomic E-state index is -4.49. The van der Waals surface area contributed by atoms with Crippen LogP contribution in [-0.2, 0) is 15.7 Å². The van der Waals surface area contributed by atoms with Gasteiger partial charge in [-0.15, -0.1) is 0 Å². The second kappa shape index (κ2) is 7.40. The summed E-state index contributed by atoms with van der Waals surface area (Å²) in [6.07, 6.45) is -5.87. The molecule has 2 fully saturated rings. The first-order valence-electron chi connectivity index (χ1n) is 8.10. The average molecular weight is 373 g/mol. The standard InChI is InChI=1S/C16H18F3N3O4/c17-16(18,19)11-2-1-3-12(8-11)22-10-13(26-15(22)24)9-20-14(23)21-4-6-25-7-5-21/h1-3,8,13H,4-7,9-10H2,(H,20,23). The lowest BCUT2D eigenvalue weighted by Gasteiger charge is -2.27. The van der Waals surface area contributed by atoms with Gasteiger partial charge in [0.15, 0.2) is 0 Å². The lowest BCUT2D eigenvalue weighted by molar-refractivity contribution is -0.137. The Morgan fingerprint density at radius 3 is 2.69 bits per heavy atom. The molecule has 2 saturated heterocycles. The van der Waals surface area contributed by atoms with Crippen LogP contribution in [-0.4, -0.2) is 62.5 Å². The molecule has 1 unspecified atom stereocenters. The number of cyclic esters (lactones) is 1. The largest absolute Gasteiger partial charge is 0.442 e. The molecular weight excluding hydrogens is 355 g/mol. The van der Waals surface area contributed by atoms with Crippen molar-refractivity contribution in [2.45, 2.75) is 12.3 Å². The third-order valence-corrected chi connectivity index (χ3v) is 4.14. The van der Waals surface area contributed by atoms with Gasteiger partial charge in [-0.2, -0.15) is 13.2 Å². The number of rotatable bonds is 3. The molecule has 1 aromatic rings. The molecule has 1 aromatic carbocycles. The Kier molecular flexibility index (Phi) is 5.21. The Bertz CT molecular complexity index is 677. The molecule has 3 amide bonds. The minimum Gasteiger partial charge on any atom is -0.442 e. The van der Waals surface area contributed by atoms with Crippen molar-refractivity contribution in [3.63, 3.8) is 0 Å². The number of nitrogens with zero attached hydrogens (tertiary/aromatic N) is 2. The van der Waals surface area contributed by atoms with Crippen LogP contribution >= 0.6 is 0 Å². The van der Waals surface area contributed by atoms with Crippen molar-refractivity contribution >= 4 is 17.8 Å². The lowest BCUT2D eigenvalue weighted by Crippen LogP contribution is -2.48. The van der Waals surface area contributed by atoms with Gasteiger partial charge in [0, 0.05) is 18.8 Å². The first kappa shape index (κ1) is 18.3. The van der Waals surface area contributed by atoms with Gasteiger partial charge in [-0.25, -0.2) is 9.59 Å². The fraction of sp³-hybridized carbons (Fsp3) is 0.500. The maximum atomic E-state index is 12.8. The van der Waals surface area contributed by atoms with Crippen molar-refractivity contribution < 1.29 is 32.2 Å². The van der Waals surface area contributed by atoms with Crippen LogP contribution < -0.4 is 10.2 Å². The van der Waals surface area contributed by atoms with Crippen LogP contribution in [0.1, 0.15) is 5.56 Å². The van der Waals surface area contributed by atoms with E-state index in [0.29, 0.717) is 26.3 Å². The van der Waals surface area contributed by atoms with Crippen LogP contribution in [0, 0.1) is 0 Å². The van der Waals surface area contributed by atoms with Crippen LogP contribution in [0.5, 0.6) is 0 Å². The van der Waals surface area contributed by atoms with Gasteiger partial charge in [0.25, 0.3) is 0 Å². The molecule has 2 aliphatic rings. The molecule has 1 N–H and O–H groups in total. The number of carbonyl (C=O) groups excluding carboxylic acids is 2. The summed E-state index contributed by atoms with van der Waals surface area (Å²) in [5, 5.41) is 2.67. The number of anilines is 1. The Morgan fingerprint density at radius 2 is 2.00 bits per heavy atom. The van der Waals surface area contributed by atoms with Gasteiger partial charge in [0.05, 0.1) is 31.9 Å². The van der Waals surface area contributed by atoms with E-state index in [4.69, 9.17) is 9.47 Å². The number of hydrogen-bond donors (Lipinski definition) is 1. The van der Waals surface area contributed by atoms with Crippen molar-refractivity contribution in [2.24, 2.45) is 0 Å². The zero-order valence-corrected chi connectivity index (χ0v) is 13.8. The quantitative estimate of drug-likeness (QED) is 0.881. The molecule has 1 atom stereocenters. The van der Waals surface area contributed by atoms with Gasteiger partial charge in [-0.1, -0.05) is 6.07 Å². The summed E-state index contributed by atoms with van der Waals surface area (Å²) in [7, 11) is 0. The molecule has 142 valence electrons. The van der Waals surface area contributed by atoms with E-state index >= 15 is 0 Å². The number of morpholine rings is 1. The highest BCUT2D eigenvalue weighted by Crippen LogP contribution is 2.32. The van der Waals surface area contributed by atoms with E-state index in [1.807, 2.05) is 0 Å². The third kappa shape index (κ3) is 4.18. The molecule has 0 radical (unpaired) electrons. The Labute approximate surface area is 147 Å². The van der Waals surface area contributed by atoms with E-state index in [-0.39, 0.29) is 24.8 Å². The number of amides is 3. The Balaban J connectivity index is 1.58. The van der Waals surface area contributed by atoms with Crippen molar-refractivity contribution in [3.05, 3.63) is 29.8 Å². The molecule has 3 rings (SSSR count). The van der Waals surface area contributed by atoms with Gasteiger partial charge in [-0.05, 0) is 18.2 Å². The van der Waals surface area contributed by atoms with Gasteiger partial charge >= 0.3 is 18.3 Å². The molecule has 7 nitrogen and oxygen atoms in total. The van der Waals surface area contributed by atoms with Crippen molar-refractivity contribution in [3.8, 4) is 0 Å². The summed E-state index contributed by atoms with van der Waals surface area (Å²) >= 11 is 0. The van der Waals surface area contributed by atoms with Crippen molar-refractivity contribution in [1.29, 1.82) is 0 Å². The molecule has 0 aromatic heterocycles. The smallest absolute Gasteiger partial charge is 0.416 e. The van der Waals surface area contributed by atoms with Crippen molar-refractivity contribution in [1.82, 2.24) is 10.2 Å². The van der Waals surface area contributed by atoms with Crippen LogP contribution in [0.2, 0.25) is 0 Å². The molecule has 0 saturated carbocycles. The fourth-order valence-electron chi connectivity index (χ4n) is 2.77. The van der Waals surface area contributed by atoms with E-state index in [1.54, 1.807) is 4.90 Å². The van der Waals surface area contributed by atoms with Crippen LogP contribution in [0.25, 0.3) is 0 Å². The normalized spacial score (nSPS) is 20.9. The second-order valence-corrected chi connectivity index (χ2v) is 5.95. The van der Waals surface area contributed by atoms with Crippen molar-refractivity contribution in [2.75, 3.05) is 44.3 Å². The number of ether oxygens (including phenoxy) is 2. The number of alkyl halides is 3. The Hall–Kier alpha value is -2.49. The molecule has 10 heteroatoms. The van der Waals surface area contributed by atoms with Gasteiger partial charge in [-0.3, -0.25) is 4.90 Å². The third-order valence-electron chi connectivity index (χ3n) is 4.14. The van der Waals surface area contributed by atoms with E-state index in [0.717, 1.165) is 17.0 Å². The average Bonchev–Trinajstić information content (AvgIpc) is 3.00. The predicted molar refractivity (Wildman–Crippen MR) is 84.8 cm³/mol. The minimum absolute atomic E-state index is 0.0591. The zero-order valence-electron chi connectivity index (χ0n) is 13.8. The summed E-state index contributed by atoms with van der Waals surface area (Å²) in [6.45, 7) is 2.03. The number of urea groups is 1. The van der Waals surface area contributed by atoms with E-state index in [1.165, 1.54) is 12.1 Å². The van der Waals surface area contributed by atoms with Gasteiger partial charge in [0.1, 0.15) is 6.10 Å². The zero-order chi connectivity index (χ0) is 18.7. The summed E-state index contributed by atoms with van der Waals surface area (Å²) in [5.41, 5.74) is -0.737. The van der Waals surface area contributed by atoms with Crippen LogP contribution in [0.4, 0.5) is 28.4 Å². The summed E-state index contributed by atoms with van der Waals surface area (Å²) in [6, 6.07) is 4.19. The highest BCUT2D eigenvalue weighted by molar-refractivity contribution is 5.90. The molecule has 0 spiro atoms. The van der Waals surface area contributed by atoms with Crippen LogP contribution in [0.15, 0.2) is 24.3 Å². The predicted octanol–water partition coefficient (Wildman–Crippen LogP) is 2.07. The summed E-state index contributed by atoms with van der Waals surface area (Å²) in [5.74, 6) is 0. The molecule has 2 aliphatic heterocycles. The SMILES string of the molecule is O=C(NCC1CN(c2cccc(C(F)(F)F)c2)C(=O)O1)N1CCOCC1. The molecule has 0 bridgehead atoms. The lowest BCUT2D eigenvalue weighted by atomic mass is 10.2. The Morgan fingerprint density at radius 1 is 1.27 bits per heavy atom. The maximum absolute atomic E-state index is 12.8. The second-order valence-electron chi connectivity index (χ2n) is 5.95. The molecular formula is C16H18F3N3O4. The number of hydrogen-bond acceptors (Lipinski definition) is 4. The first-order chi connectivity index (χ1) is 12.3. The van der Waals surface area contributed by atoms with E-state index in [2.05, 4.69) is 5.32 Å². The molecule has 2 heterocycles.